The Kier molecular flexibility index (Phi) is 7.47. The van der Waals surface area contributed by atoms with Gasteiger partial charge in [0, 0.05) is 49.2 Å². The fourth-order valence-electron chi connectivity index (χ4n) is 5.65. The van der Waals surface area contributed by atoms with Gasteiger partial charge in [-0.05, 0) is 56.7 Å². The van der Waals surface area contributed by atoms with Crippen LogP contribution < -0.4 is 20.3 Å². The molecule has 2 aliphatic carbocycles. The van der Waals surface area contributed by atoms with Gasteiger partial charge in [0.05, 0.1) is 24.0 Å². The van der Waals surface area contributed by atoms with E-state index in [0.717, 1.165) is 29.0 Å². The molecule has 1 saturated heterocycles. The van der Waals surface area contributed by atoms with E-state index in [1.54, 1.807) is 12.3 Å². The maximum atomic E-state index is 13.1. The van der Waals surface area contributed by atoms with Crippen LogP contribution >= 0.6 is 0 Å². The number of aryl methyl sites for hydroxylation is 1. The molecule has 2 unspecified atom stereocenters. The van der Waals surface area contributed by atoms with Gasteiger partial charge in [-0.15, -0.1) is 0 Å². The number of hydrogen-bond acceptors (Lipinski definition) is 11. The number of aliphatic hydroxyl groups excluding tert-OH is 1. The third kappa shape index (κ3) is 5.80. The summed E-state index contributed by atoms with van der Waals surface area (Å²) in [6, 6.07) is 4.63. The van der Waals surface area contributed by atoms with Gasteiger partial charge in [-0.2, -0.15) is 9.97 Å². The molecule has 46 heavy (non-hydrogen) atoms. The van der Waals surface area contributed by atoms with E-state index in [0.29, 0.717) is 41.0 Å². The normalized spacial score (nSPS) is 19.9. The average molecular weight is 627 g/mol. The number of imidazole rings is 1. The Labute approximate surface area is 264 Å². The third-order valence-electron chi connectivity index (χ3n) is 8.46. The molecule has 3 atom stereocenters. The number of pyridine rings is 1. The van der Waals surface area contributed by atoms with Crippen LogP contribution in [0, 0.1) is 12.8 Å². The molecule has 4 aromatic heterocycles. The van der Waals surface area contributed by atoms with Crippen LogP contribution in [0.15, 0.2) is 36.8 Å². The summed E-state index contributed by atoms with van der Waals surface area (Å²) in [5.74, 6) is 0.869. The van der Waals surface area contributed by atoms with Gasteiger partial charge in [-0.1, -0.05) is 0 Å². The lowest BCUT2D eigenvalue weighted by Gasteiger charge is -2.17. The highest BCUT2D eigenvalue weighted by molar-refractivity contribution is 6.13. The van der Waals surface area contributed by atoms with Gasteiger partial charge < -0.3 is 24.9 Å². The van der Waals surface area contributed by atoms with E-state index in [2.05, 4.69) is 30.6 Å². The van der Waals surface area contributed by atoms with Crippen molar-refractivity contribution in [3.8, 4) is 6.01 Å². The highest BCUT2D eigenvalue weighted by Gasteiger charge is 2.46. The molecule has 0 spiro atoms. The zero-order valence-corrected chi connectivity index (χ0v) is 25.7. The van der Waals surface area contributed by atoms with Crippen molar-refractivity contribution < 1.29 is 24.2 Å². The zero-order chi connectivity index (χ0) is 32.1. The Bertz CT molecular complexity index is 1860. The number of hydrogen-bond donors (Lipinski definition) is 3. The van der Waals surface area contributed by atoms with Gasteiger partial charge in [0.15, 0.2) is 5.65 Å². The van der Waals surface area contributed by atoms with Crippen molar-refractivity contribution in [2.24, 2.45) is 5.92 Å². The van der Waals surface area contributed by atoms with Gasteiger partial charge in [-0.25, -0.2) is 19.7 Å². The van der Waals surface area contributed by atoms with Crippen LogP contribution in [0.25, 0.3) is 5.65 Å². The Balaban J connectivity index is 1.13. The molecular formula is C31H34N10O5. The second kappa shape index (κ2) is 11.6. The number of likely N-dealkylation sites (N-methyl/N-ethyl adjacent to an activating group) is 1. The highest BCUT2D eigenvalue weighted by Crippen LogP contribution is 2.46. The molecule has 15 heteroatoms. The lowest BCUT2D eigenvalue weighted by molar-refractivity contribution is -0.124. The lowest BCUT2D eigenvalue weighted by Crippen LogP contribution is -2.30. The number of nitrogens with one attached hydrogen (secondary N) is 2. The van der Waals surface area contributed by atoms with E-state index >= 15 is 0 Å². The molecule has 5 heterocycles. The molecule has 0 aromatic carbocycles. The van der Waals surface area contributed by atoms with Gasteiger partial charge in [-0.3, -0.25) is 19.4 Å². The van der Waals surface area contributed by atoms with Gasteiger partial charge >= 0.3 is 12.0 Å². The second-order valence-electron chi connectivity index (χ2n) is 12.0. The van der Waals surface area contributed by atoms with Crippen LogP contribution in [0.1, 0.15) is 66.8 Å². The SMILES string of the molecule is Cc1ccnc(C2CC2C(=O)Nc2cc(N[C@H](C)c3cn4cc(C5CC5)cc(N5CC(=O)N(C)C5=O)c4n3)nc(OCCO)n2)n1. The molecule has 4 amide bonds. The summed E-state index contributed by atoms with van der Waals surface area (Å²) in [7, 11) is 1.48. The molecule has 2 saturated carbocycles. The number of amides is 4. The molecule has 3 fully saturated rings. The Morgan fingerprint density at radius 3 is 2.65 bits per heavy atom. The van der Waals surface area contributed by atoms with E-state index in [1.165, 1.54) is 11.9 Å². The van der Waals surface area contributed by atoms with Gasteiger partial charge in [0.2, 0.25) is 11.8 Å². The minimum absolute atomic E-state index is 0.0105. The first-order valence-electron chi connectivity index (χ1n) is 15.3. The van der Waals surface area contributed by atoms with E-state index in [-0.39, 0.29) is 67.3 Å². The summed E-state index contributed by atoms with van der Waals surface area (Å²) in [5.41, 5.74) is 3.76. The first-order chi connectivity index (χ1) is 22.2. The fourth-order valence-corrected chi connectivity index (χ4v) is 5.65. The number of carbonyl (C=O) groups is 3. The number of imide groups is 1. The molecule has 1 aliphatic heterocycles. The van der Waals surface area contributed by atoms with Crippen LogP contribution in [-0.2, 0) is 9.59 Å². The van der Waals surface area contributed by atoms with Crippen LogP contribution in [0.4, 0.5) is 22.1 Å². The van der Waals surface area contributed by atoms with Crippen molar-refractivity contribution in [2.45, 2.75) is 51.0 Å². The summed E-state index contributed by atoms with van der Waals surface area (Å²) in [6.07, 6.45) is 8.40. The first-order valence-corrected chi connectivity index (χ1v) is 15.3. The van der Waals surface area contributed by atoms with E-state index in [1.807, 2.05) is 42.8 Å². The minimum atomic E-state index is -0.384. The fraction of sp³-hybridized carbons (Fsp3) is 0.419. The first kappa shape index (κ1) is 29.5. The summed E-state index contributed by atoms with van der Waals surface area (Å²) >= 11 is 0. The molecular weight excluding hydrogens is 592 g/mol. The monoisotopic (exact) mass is 626 g/mol. The lowest BCUT2D eigenvalue weighted by atomic mass is 10.1. The molecule has 238 valence electrons. The number of carbonyl (C=O) groups excluding carboxylic acids is 3. The van der Waals surface area contributed by atoms with E-state index in [9.17, 15) is 19.5 Å². The molecule has 7 rings (SSSR count). The molecule has 0 bridgehead atoms. The van der Waals surface area contributed by atoms with Crippen LogP contribution in [0.2, 0.25) is 0 Å². The van der Waals surface area contributed by atoms with E-state index < -0.39 is 0 Å². The Morgan fingerprint density at radius 2 is 1.93 bits per heavy atom. The van der Waals surface area contributed by atoms with Crippen LogP contribution in [0.3, 0.4) is 0 Å². The van der Waals surface area contributed by atoms with Crippen molar-refractivity contribution in [2.75, 3.05) is 42.3 Å². The molecule has 0 radical (unpaired) electrons. The minimum Gasteiger partial charge on any atom is -0.461 e. The maximum Gasteiger partial charge on any atom is 0.331 e. The van der Waals surface area contributed by atoms with Crippen molar-refractivity contribution in [1.82, 2.24) is 34.2 Å². The topological polar surface area (TPSA) is 180 Å². The van der Waals surface area contributed by atoms with Crippen molar-refractivity contribution in [1.29, 1.82) is 0 Å². The Hall–Kier alpha value is -5.18. The molecule has 3 N–H and O–H groups in total. The van der Waals surface area contributed by atoms with Crippen molar-refractivity contribution in [3.63, 3.8) is 0 Å². The van der Waals surface area contributed by atoms with Gasteiger partial charge in [0.1, 0.15) is 30.6 Å². The van der Waals surface area contributed by atoms with Crippen molar-refractivity contribution >= 4 is 40.8 Å². The quantitative estimate of drug-likeness (QED) is 0.208. The number of aliphatic hydroxyl groups is 1. The third-order valence-corrected chi connectivity index (χ3v) is 8.46. The number of fused-ring (bicyclic) bond motifs is 1. The van der Waals surface area contributed by atoms with Crippen LogP contribution in [-0.4, -0.2) is 84.0 Å². The number of aromatic nitrogens is 6. The molecule has 4 aromatic rings. The predicted molar refractivity (Wildman–Crippen MR) is 166 cm³/mol. The maximum absolute atomic E-state index is 13.1. The molecule has 15 nitrogen and oxygen atoms in total. The zero-order valence-electron chi connectivity index (χ0n) is 25.7. The number of rotatable bonds is 11. The highest BCUT2D eigenvalue weighted by atomic mass is 16.5. The van der Waals surface area contributed by atoms with Crippen molar-refractivity contribution in [3.05, 3.63) is 59.6 Å². The van der Waals surface area contributed by atoms with Gasteiger partial charge in [0.25, 0.3) is 0 Å². The van der Waals surface area contributed by atoms with E-state index in [4.69, 9.17) is 9.72 Å². The predicted octanol–water partition coefficient (Wildman–Crippen LogP) is 2.78. The molecule has 3 aliphatic rings. The smallest absolute Gasteiger partial charge is 0.331 e. The number of nitrogens with zero attached hydrogens (tertiary/aromatic N) is 8. The van der Waals surface area contributed by atoms with Crippen LogP contribution in [0.5, 0.6) is 6.01 Å². The second-order valence-corrected chi connectivity index (χ2v) is 12.0. The number of ether oxygens (including phenoxy) is 1. The summed E-state index contributed by atoms with van der Waals surface area (Å²) in [5, 5.41) is 15.5. The summed E-state index contributed by atoms with van der Waals surface area (Å²) in [6.45, 7) is 3.51. The summed E-state index contributed by atoms with van der Waals surface area (Å²) in [4.78, 5) is 63.3. The number of anilines is 3. The number of urea groups is 1. The Morgan fingerprint density at radius 1 is 1.13 bits per heavy atom. The summed E-state index contributed by atoms with van der Waals surface area (Å²) < 4.78 is 7.40. The largest absolute Gasteiger partial charge is 0.461 e. The standard InChI is InChI=1S/C31H34N10O5/c1-16-6-7-32-27(33-16)20-11-21(20)29(44)36-25-12-24(37-30(38-25)46-9-8-42)34-17(2)22-14-40-13-19(18-4-5-18)10-23(28(40)35-22)41-15-26(43)39(3)31(41)45/h6-7,10,12-14,17-18,20-21,42H,4-5,8-9,11,15H2,1-3H3,(H2,34,36,37,38,44)/t17-,20?,21?/m1/s1. The average Bonchev–Trinajstić information content (AvgIpc) is 3.96.